The number of carbonyl (C=O) groups excluding carboxylic acids is 1. The highest BCUT2D eigenvalue weighted by molar-refractivity contribution is 5.91. The summed E-state index contributed by atoms with van der Waals surface area (Å²) in [6.45, 7) is 6.30. The maximum Gasteiger partial charge on any atom is 0.147 e. The van der Waals surface area contributed by atoms with Gasteiger partial charge in [-0.3, -0.25) is 4.79 Å². The second-order valence-electron chi connectivity index (χ2n) is 5.74. The van der Waals surface area contributed by atoms with Gasteiger partial charge in [0.25, 0.3) is 0 Å². The van der Waals surface area contributed by atoms with E-state index in [1.54, 1.807) is 0 Å². The molecule has 0 aliphatic rings. The van der Waals surface area contributed by atoms with Gasteiger partial charge in [0.15, 0.2) is 0 Å². The van der Waals surface area contributed by atoms with Gasteiger partial charge in [-0.2, -0.15) is 0 Å². The normalized spacial score (nSPS) is 11.4. The predicted molar refractivity (Wildman–Crippen MR) is 88.6 cm³/mol. The molecular weight excluding hydrogens is 256 g/mol. The van der Waals surface area contributed by atoms with Crippen molar-refractivity contribution in [3.8, 4) is 0 Å². The summed E-state index contributed by atoms with van der Waals surface area (Å²) in [6.07, 6.45) is 2.20. The van der Waals surface area contributed by atoms with Crippen LogP contribution in [0.5, 0.6) is 0 Å². The van der Waals surface area contributed by atoms with E-state index in [0.717, 1.165) is 24.0 Å². The van der Waals surface area contributed by atoms with E-state index in [9.17, 15) is 4.79 Å². The number of hydrogen-bond acceptors (Lipinski definition) is 1. The highest BCUT2D eigenvalue weighted by Crippen LogP contribution is 2.33. The lowest BCUT2D eigenvalue weighted by Crippen LogP contribution is -2.36. The predicted octanol–water partition coefficient (Wildman–Crippen LogP) is 4.86. The van der Waals surface area contributed by atoms with Gasteiger partial charge in [-0.05, 0) is 30.9 Å². The molecule has 0 aliphatic heterocycles. The second-order valence-corrected chi connectivity index (χ2v) is 5.74. The van der Waals surface area contributed by atoms with Crippen molar-refractivity contribution < 1.29 is 4.79 Å². The van der Waals surface area contributed by atoms with Crippen LogP contribution >= 0.6 is 0 Å². The van der Waals surface area contributed by atoms with Crippen LogP contribution in [0, 0.1) is 6.92 Å². The summed E-state index contributed by atoms with van der Waals surface area (Å²) < 4.78 is 0. The van der Waals surface area contributed by atoms with Crippen molar-refractivity contribution in [3.05, 3.63) is 71.3 Å². The Balaban J connectivity index is 2.32. The van der Waals surface area contributed by atoms with E-state index in [1.165, 1.54) is 5.56 Å². The SMILES string of the molecule is CCC(CC)(C(=O)Cc1cccc(C)c1)c1ccccc1. The number of carbonyl (C=O) groups is 1. The number of aryl methyl sites for hydroxylation is 1. The number of Topliss-reactive ketones (excluding diaryl/α,β-unsaturated/α-hetero) is 1. The van der Waals surface area contributed by atoms with Crippen molar-refractivity contribution >= 4 is 5.78 Å². The van der Waals surface area contributed by atoms with Crippen LogP contribution < -0.4 is 0 Å². The minimum atomic E-state index is -0.356. The quantitative estimate of drug-likeness (QED) is 0.738. The van der Waals surface area contributed by atoms with Gasteiger partial charge in [0.1, 0.15) is 5.78 Å². The first kappa shape index (κ1) is 15.5. The third-order valence-corrected chi connectivity index (χ3v) is 4.51. The number of ketones is 1. The maximum atomic E-state index is 13.0. The van der Waals surface area contributed by atoms with Crippen LogP contribution in [0.3, 0.4) is 0 Å². The summed E-state index contributed by atoms with van der Waals surface area (Å²) >= 11 is 0. The Labute approximate surface area is 128 Å². The van der Waals surface area contributed by atoms with Gasteiger partial charge in [-0.25, -0.2) is 0 Å². The van der Waals surface area contributed by atoms with Crippen LogP contribution in [0.4, 0.5) is 0 Å². The smallest absolute Gasteiger partial charge is 0.147 e. The van der Waals surface area contributed by atoms with Gasteiger partial charge >= 0.3 is 0 Å². The minimum absolute atomic E-state index is 0.323. The second kappa shape index (κ2) is 6.71. The molecule has 0 spiro atoms. The molecule has 0 amide bonds. The summed E-state index contributed by atoms with van der Waals surface area (Å²) in [4.78, 5) is 13.0. The Morgan fingerprint density at radius 3 is 2.19 bits per heavy atom. The zero-order chi connectivity index (χ0) is 15.3. The first-order chi connectivity index (χ1) is 10.1. The summed E-state index contributed by atoms with van der Waals surface area (Å²) in [5.41, 5.74) is 3.11. The monoisotopic (exact) mass is 280 g/mol. The Kier molecular flexibility index (Phi) is 4.95. The molecule has 2 aromatic carbocycles. The number of rotatable bonds is 6. The molecule has 21 heavy (non-hydrogen) atoms. The molecule has 0 saturated carbocycles. The Morgan fingerprint density at radius 1 is 0.952 bits per heavy atom. The fraction of sp³-hybridized carbons (Fsp3) is 0.350. The average Bonchev–Trinajstić information content (AvgIpc) is 2.50. The van der Waals surface area contributed by atoms with Crippen LogP contribution in [0.25, 0.3) is 0 Å². The van der Waals surface area contributed by atoms with E-state index >= 15 is 0 Å². The van der Waals surface area contributed by atoms with Crippen molar-refractivity contribution in [2.24, 2.45) is 0 Å². The molecule has 0 heterocycles. The first-order valence-corrected chi connectivity index (χ1v) is 7.76. The van der Waals surface area contributed by atoms with Gasteiger partial charge < -0.3 is 0 Å². The summed E-state index contributed by atoms with van der Waals surface area (Å²) in [6, 6.07) is 18.5. The first-order valence-electron chi connectivity index (χ1n) is 7.76. The van der Waals surface area contributed by atoms with Gasteiger partial charge in [-0.15, -0.1) is 0 Å². The van der Waals surface area contributed by atoms with Gasteiger partial charge in [-0.1, -0.05) is 74.0 Å². The van der Waals surface area contributed by atoms with E-state index in [2.05, 4.69) is 45.0 Å². The van der Waals surface area contributed by atoms with Crippen LogP contribution in [-0.2, 0) is 16.6 Å². The molecule has 0 unspecified atom stereocenters. The van der Waals surface area contributed by atoms with Gasteiger partial charge in [0, 0.05) is 6.42 Å². The van der Waals surface area contributed by atoms with Gasteiger partial charge in [0.05, 0.1) is 5.41 Å². The molecule has 0 aromatic heterocycles. The molecule has 110 valence electrons. The van der Waals surface area contributed by atoms with E-state index < -0.39 is 0 Å². The van der Waals surface area contributed by atoms with Crippen molar-refractivity contribution in [1.29, 1.82) is 0 Å². The van der Waals surface area contributed by atoms with E-state index in [-0.39, 0.29) is 5.41 Å². The van der Waals surface area contributed by atoms with Crippen LogP contribution in [0.15, 0.2) is 54.6 Å². The lowest BCUT2D eigenvalue weighted by Gasteiger charge is -2.31. The molecule has 0 aliphatic carbocycles. The zero-order valence-corrected chi connectivity index (χ0v) is 13.2. The number of hydrogen-bond donors (Lipinski definition) is 0. The number of benzene rings is 2. The molecule has 0 radical (unpaired) electrons. The fourth-order valence-electron chi connectivity index (χ4n) is 3.15. The highest BCUT2D eigenvalue weighted by Gasteiger charge is 2.35. The lowest BCUT2D eigenvalue weighted by molar-refractivity contribution is -0.124. The molecule has 1 nitrogen and oxygen atoms in total. The van der Waals surface area contributed by atoms with E-state index in [1.807, 2.05) is 30.3 Å². The molecule has 0 saturated heterocycles. The molecule has 1 heteroatoms. The maximum absolute atomic E-state index is 13.0. The van der Waals surface area contributed by atoms with E-state index in [0.29, 0.717) is 12.2 Å². The standard InChI is InChI=1S/C20H24O/c1-4-20(5-2,18-12-7-6-8-13-18)19(21)15-17-11-9-10-16(3)14-17/h6-14H,4-5,15H2,1-3H3. The average molecular weight is 280 g/mol. The summed E-state index contributed by atoms with van der Waals surface area (Å²) in [5, 5.41) is 0. The fourth-order valence-corrected chi connectivity index (χ4v) is 3.15. The van der Waals surface area contributed by atoms with Gasteiger partial charge in [0.2, 0.25) is 0 Å². The largest absolute Gasteiger partial charge is 0.298 e. The van der Waals surface area contributed by atoms with Crippen molar-refractivity contribution in [3.63, 3.8) is 0 Å². The Morgan fingerprint density at radius 2 is 1.62 bits per heavy atom. The summed E-state index contributed by atoms with van der Waals surface area (Å²) in [5.74, 6) is 0.323. The van der Waals surface area contributed by atoms with E-state index in [4.69, 9.17) is 0 Å². The Bertz CT molecular complexity index is 594. The van der Waals surface area contributed by atoms with Crippen LogP contribution in [0.1, 0.15) is 43.4 Å². The molecular formula is C20H24O. The third-order valence-electron chi connectivity index (χ3n) is 4.51. The molecule has 0 bridgehead atoms. The summed E-state index contributed by atoms with van der Waals surface area (Å²) in [7, 11) is 0. The third kappa shape index (κ3) is 3.24. The van der Waals surface area contributed by atoms with Crippen molar-refractivity contribution in [2.75, 3.05) is 0 Å². The zero-order valence-electron chi connectivity index (χ0n) is 13.2. The van der Waals surface area contributed by atoms with Crippen molar-refractivity contribution in [2.45, 2.75) is 45.4 Å². The topological polar surface area (TPSA) is 17.1 Å². The molecule has 2 rings (SSSR count). The lowest BCUT2D eigenvalue weighted by atomic mass is 9.71. The minimum Gasteiger partial charge on any atom is -0.298 e. The van der Waals surface area contributed by atoms with Crippen molar-refractivity contribution in [1.82, 2.24) is 0 Å². The Hall–Kier alpha value is -1.89. The molecule has 0 atom stereocenters. The van der Waals surface area contributed by atoms with Crippen LogP contribution in [-0.4, -0.2) is 5.78 Å². The highest BCUT2D eigenvalue weighted by atomic mass is 16.1. The molecule has 0 fully saturated rings. The molecule has 2 aromatic rings. The molecule has 0 N–H and O–H groups in total. The van der Waals surface area contributed by atoms with Crippen LogP contribution in [0.2, 0.25) is 0 Å².